The van der Waals surface area contributed by atoms with Crippen LogP contribution in [0.3, 0.4) is 0 Å². The Morgan fingerprint density at radius 1 is 1.35 bits per heavy atom. The number of rotatable bonds is 4. The van der Waals surface area contributed by atoms with Gasteiger partial charge in [0.05, 0.1) is 7.11 Å². The van der Waals surface area contributed by atoms with E-state index in [1.807, 2.05) is 0 Å². The second kappa shape index (κ2) is 5.17. The quantitative estimate of drug-likeness (QED) is 0.757. The lowest BCUT2D eigenvalue weighted by molar-refractivity contribution is 0.111. The number of alkyl halides is 1. The van der Waals surface area contributed by atoms with Gasteiger partial charge in [-0.1, -0.05) is 0 Å². The molecule has 0 saturated heterocycles. The number of aldehydes is 1. The van der Waals surface area contributed by atoms with Gasteiger partial charge in [-0.05, 0) is 37.5 Å². The first-order chi connectivity index (χ1) is 8.24. The molecule has 0 amide bonds. The molecule has 0 aromatic heterocycles. The average Bonchev–Trinajstić information content (AvgIpc) is 2.75. The number of hydrogen-bond donors (Lipinski definition) is 0. The molecule has 4 heteroatoms. The van der Waals surface area contributed by atoms with Crippen molar-refractivity contribution in [2.45, 2.75) is 31.5 Å². The molecular formula is C13H15FO3. The molecule has 1 fully saturated rings. The highest BCUT2D eigenvalue weighted by Gasteiger charge is 2.29. The van der Waals surface area contributed by atoms with E-state index >= 15 is 0 Å². The van der Waals surface area contributed by atoms with Gasteiger partial charge in [-0.15, -0.1) is 0 Å². The summed E-state index contributed by atoms with van der Waals surface area (Å²) in [7, 11) is 1.52. The summed E-state index contributed by atoms with van der Waals surface area (Å²) in [5.41, 5.74) is 0.495. The van der Waals surface area contributed by atoms with E-state index in [9.17, 15) is 9.18 Å². The summed E-state index contributed by atoms with van der Waals surface area (Å²) in [5.74, 6) is 0.960. The van der Waals surface area contributed by atoms with Crippen molar-refractivity contribution in [1.29, 1.82) is 0 Å². The third kappa shape index (κ3) is 2.57. The van der Waals surface area contributed by atoms with Crippen molar-refractivity contribution in [3.05, 3.63) is 23.8 Å². The first kappa shape index (κ1) is 11.9. The number of benzene rings is 1. The van der Waals surface area contributed by atoms with Gasteiger partial charge in [0.15, 0.2) is 11.5 Å². The molecular weight excluding hydrogens is 223 g/mol. The smallest absolute Gasteiger partial charge is 0.162 e. The molecule has 1 aliphatic carbocycles. The summed E-state index contributed by atoms with van der Waals surface area (Å²) < 4.78 is 24.2. The maximum atomic E-state index is 13.5. The lowest BCUT2D eigenvalue weighted by atomic mass is 10.2. The van der Waals surface area contributed by atoms with E-state index in [2.05, 4.69) is 0 Å². The maximum absolute atomic E-state index is 13.5. The lowest BCUT2D eigenvalue weighted by Crippen LogP contribution is -2.22. The molecule has 0 spiro atoms. The number of methoxy groups -OCH3 is 1. The van der Waals surface area contributed by atoms with E-state index in [0.717, 1.165) is 12.7 Å². The maximum Gasteiger partial charge on any atom is 0.162 e. The van der Waals surface area contributed by atoms with Gasteiger partial charge in [0.25, 0.3) is 0 Å². The summed E-state index contributed by atoms with van der Waals surface area (Å²) >= 11 is 0. The molecule has 3 nitrogen and oxygen atoms in total. The SMILES string of the molecule is COc1ccc(C=O)cc1OC1CCCC1F. The Balaban J connectivity index is 2.20. The number of carbonyl (C=O) groups is 1. The van der Waals surface area contributed by atoms with E-state index in [0.29, 0.717) is 29.9 Å². The monoisotopic (exact) mass is 238 g/mol. The number of hydrogen-bond acceptors (Lipinski definition) is 3. The molecule has 1 aromatic carbocycles. The number of halogens is 1. The van der Waals surface area contributed by atoms with Crippen LogP contribution in [0.25, 0.3) is 0 Å². The standard InChI is InChI=1S/C13H15FO3/c1-16-12-6-5-9(8-15)7-13(12)17-11-4-2-3-10(11)14/h5-8,10-11H,2-4H2,1H3. The summed E-state index contributed by atoms with van der Waals surface area (Å²) in [6, 6.07) is 4.87. The van der Waals surface area contributed by atoms with Gasteiger partial charge in [0.2, 0.25) is 0 Å². The van der Waals surface area contributed by atoms with E-state index in [1.54, 1.807) is 18.2 Å². The largest absolute Gasteiger partial charge is 0.493 e. The molecule has 0 radical (unpaired) electrons. The molecule has 1 aliphatic rings. The predicted octanol–water partition coefficient (Wildman–Crippen LogP) is 2.78. The summed E-state index contributed by atoms with van der Waals surface area (Å²) in [4.78, 5) is 10.7. The first-order valence-corrected chi connectivity index (χ1v) is 5.68. The average molecular weight is 238 g/mol. The Hall–Kier alpha value is -1.58. The summed E-state index contributed by atoms with van der Waals surface area (Å²) in [6.45, 7) is 0. The highest BCUT2D eigenvalue weighted by molar-refractivity contribution is 5.76. The Bertz CT molecular complexity index is 406. The minimum atomic E-state index is -0.931. The fourth-order valence-corrected chi connectivity index (χ4v) is 2.04. The fraction of sp³-hybridized carbons (Fsp3) is 0.462. The van der Waals surface area contributed by atoms with Crippen molar-refractivity contribution < 1.29 is 18.7 Å². The Morgan fingerprint density at radius 3 is 2.76 bits per heavy atom. The van der Waals surface area contributed by atoms with Crippen molar-refractivity contribution >= 4 is 6.29 Å². The summed E-state index contributed by atoms with van der Waals surface area (Å²) in [6.07, 6.45) is 1.45. The van der Waals surface area contributed by atoms with Crippen molar-refractivity contribution in [1.82, 2.24) is 0 Å². The van der Waals surface area contributed by atoms with Crippen LogP contribution in [-0.4, -0.2) is 25.7 Å². The van der Waals surface area contributed by atoms with Crippen molar-refractivity contribution in [2.24, 2.45) is 0 Å². The van der Waals surface area contributed by atoms with Gasteiger partial charge < -0.3 is 9.47 Å². The van der Waals surface area contributed by atoms with E-state index < -0.39 is 12.3 Å². The summed E-state index contributed by atoms with van der Waals surface area (Å²) in [5, 5.41) is 0. The van der Waals surface area contributed by atoms with Crippen molar-refractivity contribution in [3.63, 3.8) is 0 Å². The van der Waals surface area contributed by atoms with Crippen LogP contribution in [0, 0.1) is 0 Å². The van der Waals surface area contributed by atoms with Gasteiger partial charge >= 0.3 is 0 Å². The van der Waals surface area contributed by atoms with Crippen LogP contribution >= 0.6 is 0 Å². The van der Waals surface area contributed by atoms with Crippen LogP contribution in [0.5, 0.6) is 11.5 Å². The highest BCUT2D eigenvalue weighted by atomic mass is 19.1. The second-order valence-corrected chi connectivity index (χ2v) is 4.13. The highest BCUT2D eigenvalue weighted by Crippen LogP contribution is 2.33. The minimum absolute atomic E-state index is 0.425. The Kier molecular flexibility index (Phi) is 3.61. The molecule has 1 aromatic rings. The second-order valence-electron chi connectivity index (χ2n) is 4.13. The first-order valence-electron chi connectivity index (χ1n) is 5.68. The Labute approximate surface area is 99.5 Å². The zero-order chi connectivity index (χ0) is 12.3. The third-order valence-electron chi connectivity index (χ3n) is 2.97. The lowest BCUT2D eigenvalue weighted by Gasteiger charge is -2.18. The van der Waals surface area contributed by atoms with Crippen LogP contribution in [0.1, 0.15) is 29.6 Å². The van der Waals surface area contributed by atoms with E-state index in [1.165, 1.54) is 7.11 Å². The molecule has 0 aliphatic heterocycles. The van der Waals surface area contributed by atoms with Gasteiger partial charge in [0.1, 0.15) is 18.6 Å². The molecule has 92 valence electrons. The van der Waals surface area contributed by atoms with Gasteiger partial charge in [-0.2, -0.15) is 0 Å². The fourth-order valence-electron chi connectivity index (χ4n) is 2.04. The molecule has 2 unspecified atom stereocenters. The van der Waals surface area contributed by atoms with E-state index in [4.69, 9.17) is 9.47 Å². The normalized spacial score (nSPS) is 23.4. The predicted molar refractivity (Wildman–Crippen MR) is 61.5 cm³/mol. The molecule has 1 saturated carbocycles. The zero-order valence-corrected chi connectivity index (χ0v) is 9.69. The van der Waals surface area contributed by atoms with Crippen LogP contribution in [0.15, 0.2) is 18.2 Å². The van der Waals surface area contributed by atoms with Crippen LogP contribution in [0.2, 0.25) is 0 Å². The van der Waals surface area contributed by atoms with Gasteiger partial charge in [0, 0.05) is 5.56 Å². The zero-order valence-electron chi connectivity index (χ0n) is 9.69. The molecule has 2 atom stereocenters. The van der Waals surface area contributed by atoms with Crippen LogP contribution in [-0.2, 0) is 0 Å². The molecule has 0 heterocycles. The molecule has 0 bridgehead atoms. The number of carbonyl (C=O) groups excluding carboxylic acids is 1. The number of ether oxygens (including phenoxy) is 2. The van der Waals surface area contributed by atoms with Crippen LogP contribution in [0.4, 0.5) is 4.39 Å². The van der Waals surface area contributed by atoms with Crippen molar-refractivity contribution in [3.8, 4) is 11.5 Å². The van der Waals surface area contributed by atoms with E-state index in [-0.39, 0.29) is 0 Å². The molecule has 0 N–H and O–H groups in total. The molecule has 17 heavy (non-hydrogen) atoms. The Morgan fingerprint density at radius 2 is 2.18 bits per heavy atom. The van der Waals surface area contributed by atoms with Gasteiger partial charge in [-0.3, -0.25) is 4.79 Å². The van der Waals surface area contributed by atoms with Crippen molar-refractivity contribution in [2.75, 3.05) is 7.11 Å². The topological polar surface area (TPSA) is 35.5 Å². The van der Waals surface area contributed by atoms with Gasteiger partial charge in [-0.25, -0.2) is 4.39 Å². The third-order valence-corrected chi connectivity index (χ3v) is 2.97. The minimum Gasteiger partial charge on any atom is -0.493 e. The van der Waals surface area contributed by atoms with Crippen LogP contribution < -0.4 is 9.47 Å². The molecule has 2 rings (SSSR count).